The Labute approximate surface area is 246 Å². The van der Waals surface area contributed by atoms with E-state index in [-0.39, 0.29) is 35.2 Å². The second-order valence-corrected chi connectivity index (χ2v) is 11.7. The third-order valence-corrected chi connectivity index (χ3v) is 9.20. The first-order valence-electron chi connectivity index (χ1n) is 14.9. The Morgan fingerprint density at radius 3 is 2.64 bits per heavy atom. The number of hydrogen-bond donors (Lipinski definition) is 6. The fraction of sp³-hybridized carbons (Fsp3) is 0.485. The van der Waals surface area contributed by atoms with Crippen molar-refractivity contribution < 1.29 is 34.7 Å². The lowest BCUT2D eigenvalue weighted by atomic mass is 9.63. The molecule has 5 rings (SSSR count). The Hall–Kier alpha value is -3.85. The zero-order chi connectivity index (χ0) is 29.9. The molecule has 1 aliphatic carbocycles. The minimum absolute atomic E-state index is 0.0431. The maximum atomic E-state index is 14.2. The minimum atomic E-state index is -0.905. The van der Waals surface area contributed by atoms with E-state index in [4.69, 9.17) is 15.2 Å². The van der Waals surface area contributed by atoms with Crippen LogP contribution in [0.2, 0.25) is 0 Å². The first-order chi connectivity index (χ1) is 20.2. The number of allylic oxidation sites excluding steroid dienone is 2. The van der Waals surface area contributed by atoms with Crippen molar-refractivity contribution in [3.8, 4) is 28.7 Å². The van der Waals surface area contributed by atoms with Gasteiger partial charge in [-0.3, -0.25) is 4.79 Å². The number of aliphatic hydroxyl groups is 1. The number of aliphatic hydroxyl groups excluding tert-OH is 1. The number of dihydropyridines is 1. The van der Waals surface area contributed by atoms with E-state index in [9.17, 15) is 25.2 Å². The monoisotopic (exact) mass is 578 g/mol. The van der Waals surface area contributed by atoms with Crippen LogP contribution in [0, 0.1) is 11.3 Å². The second-order valence-electron chi connectivity index (χ2n) is 11.7. The molecule has 2 aromatic rings. The molecule has 9 heteroatoms. The van der Waals surface area contributed by atoms with E-state index >= 15 is 0 Å². The van der Waals surface area contributed by atoms with Crippen molar-refractivity contribution in [2.24, 2.45) is 17.1 Å². The summed E-state index contributed by atoms with van der Waals surface area (Å²) in [5.74, 6) is 0.0258. The smallest absolute Gasteiger partial charge is 0.200 e. The van der Waals surface area contributed by atoms with Crippen LogP contribution in [0.25, 0.3) is 0 Å². The third-order valence-electron chi connectivity index (χ3n) is 9.20. The molecule has 2 unspecified atom stereocenters. The molecule has 1 fully saturated rings. The summed E-state index contributed by atoms with van der Waals surface area (Å²) in [6.07, 6.45) is 9.66. The molecule has 7 N–H and O–H groups in total. The van der Waals surface area contributed by atoms with E-state index in [0.717, 1.165) is 55.2 Å². The number of ether oxygens (including phenoxy) is 2. The van der Waals surface area contributed by atoms with Crippen LogP contribution in [0.3, 0.4) is 0 Å². The molecule has 0 saturated heterocycles. The number of rotatable bonds is 11. The Balaban J connectivity index is 1.43. The van der Waals surface area contributed by atoms with Gasteiger partial charge in [-0.15, -0.1) is 0 Å². The highest BCUT2D eigenvalue weighted by atomic mass is 16.5. The van der Waals surface area contributed by atoms with Crippen molar-refractivity contribution in [3.63, 3.8) is 0 Å². The fourth-order valence-corrected chi connectivity index (χ4v) is 7.17. The van der Waals surface area contributed by atoms with E-state index in [1.807, 2.05) is 12.1 Å². The van der Waals surface area contributed by atoms with Gasteiger partial charge in [0.25, 0.3) is 0 Å². The van der Waals surface area contributed by atoms with Crippen LogP contribution in [0.15, 0.2) is 47.8 Å². The number of carbonyl (C=O) groups excluding carboxylic acids is 1. The van der Waals surface area contributed by atoms with Gasteiger partial charge in [-0.2, -0.15) is 0 Å². The first kappa shape index (κ1) is 29.6. The predicted octanol–water partition coefficient (Wildman–Crippen LogP) is 4.14. The van der Waals surface area contributed by atoms with Crippen molar-refractivity contribution in [2.45, 2.75) is 70.3 Å². The number of hydrogen-bond acceptors (Lipinski definition) is 9. The number of aryl methyl sites for hydroxylation is 2. The summed E-state index contributed by atoms with van der Waals surface area (Å²) >= 11 is 0. The Kier molecular flexibility index (Phi) is 8.87. The van der Waals surface area contributed by atoms with Gasteiger partial charge < -0.3 is 41.0 Å². The molecule has 0 amide bonds. The zero-order valence-corrected chi connectivity index (χ0v) is 24.2. The van der Waals surface area contributed by atoms with Crippen LogP contribution in [0.1, 0.15) is 61.6 Å². The van der Waals surface area contributed by atoms with Gasteiger partial charge >= 0.3 is 0 Å². The highest BCUT2D eigenvalue weighted by molar-refractivity contribution is 5.83. The predicted molar refractivity (Wildman–Crippen MR) is 159 cm³/mol. The summed E-state index contributed by atoms with van der Waals surface area (Å²) in [6, 6.07) is 6.59. The quantitative estimate of drug-likeness (QED) is 0.216. The minimum Gasteiger partial charge on any atom is -0.504 e. The van der Waals surface area contributed by atoms with Gasteiger partial charge in [0.1, 0.15) is 5.78 Å². The van der Waals surface area contributed by atoms with Crippen molar-refractivity contribution in [2.75, 3.05) is 20.3 Å². The lowest BCUT2D eigenvalue weighted by Crippen LogP contribution is -2.44. The van der Waals surface area contributed by atoms with Crippen LogP contribution in [-0.4, -0.2) is 52.6 Å². The van der Waals surface area contributed by atoms with E-state index in [1.54, 1.807) is 12.1 Å². The van der Waals surface area contributed by atoms with Gasteiger partial charge in [-0.05, 0) is 85.9 Å². The number of aromatic hydroxyl groups is 3. The van der Waals surface area contributed by atoms with Crippen molar-refractivity contribution >= 4 is 5.78 Å². The molecule has 42 heavy (non-hydrogen) atoms. The molecule has 0 aromatic heterocycles. The zero-order valence-electron chi connectivity index (χ0n) is 24.2. The average molecular weight is 579 g/mol. The molecule has 226 valence electrons. The molecule has 2 aliphatic heterocycles. The lowest BCUT2D eigenvalue weighted by Gasteiger charge is -2.42. The average Bonchev–Trinajstić information content (AvgIpc) is 3.48. The summed E-state index contributed by atoms with van der Waals surface area (Å²) < 4.78 is 10.9. The van der Waals surface area contributed by atoms with Crippen molar-refractivity contribution in [1.29, 1.82) is 0 Å². The molecular weight excluding hydrogens is 536 g/mol. The Bertz CT molecular complexity index is 1380. The normalized spacial score (nSPS) is 19.0. The number of fused-ring (bicyclic) bond motifs is 1. The molecule has 9 nitrogen and oxygen atoms in total. The largest absolute Gasteiger partial charge is 0.504 e. The van der Waals surface area contributed by atoms with Crippen molar-refractivity contribution in [3.05, 3.63) is 64.5 Å². The molecule has 0 spiro atoms. The number of carbonyl (C=O) groups is 1. The van der Waals surface area contributed by atoms with Crippen LogP contribution in [0.4, 0.5) is 0 Å². The van der Waals surface area contributed by atoms with E-state index in [0.29, 0.717) is 49.5 Å². The fourth-order valence-electron chi connectivity index (χ4n) is 7.17. The number of nitrogens with one attached hydrogen (secondary N) is 1. The van der Waals surface area contributed by atoms with E-state index in [2.05, 4.69) is 11.4 Å². The van der Waals surface area contributed by atoms with E-state index in [1.165, 1.54) is 13.2 Å². The number of benzene rings is 2. The maximum Gasteiger partial charge on any atom is 0.200 e. The molecule has 2 atom stereocenters. The first-order valence-corrected chi connectivity index (χ1v) is 14.9. The van der Waals surface area contributed by atoms with Gasteiger partial charge in [0.2, 0.25) is 5.75 Å². The lowest BCUT2D eigenvalue weighted by molar-refractivity contribution is -0.131. The van der Waals surface area contributed by atoms with Gasteiger partial charge in [0, 0.05) is 23.9 Å². The van der Waals surface area contributed by atoms with Gasteiger partial charge in [-0.25, -0.2) is 0 Å². The molecule has 0 bridgehead atoms. The molecule has 2 heterocycles. The summed E-state index contributed by atoms with van der Waals surface area (Å²) in [5.41, 5.74) is 9.31. The number of methoxy groups -OCH3 is 1. The Morgan fingerprint density at radius 2 is 1.90 bits per heavy atom. The van der Waals surface area contributed by atoms with Crippen LogP contribution < -0.4 is 20.5 Å². The molecule has 3 aliphatic rings. The number of phenolic OH excluding ortho intramolecular Hbond substituents is 3. The SMILES string of the molecule is COc1cc(CCC(=O)C(C(O)CCc2ccc(O)c3c2CCCO3)C2(C3=CCNC(N)=C3)CCCC2)cc(O)c1O. The standard InChI is InChI=1S/C33H42N2O7/c1-41-28-18-20(17-27(39)31(28)40)6-9-24(36)30(33(13-2-3-14-33)22-12-15-35-29(34)19-22)25(37)10-7-21-8-11-26(38)32-23(21)5-4-16-42-32/h8,11-12,17-19,25,30,35,37-40H,2-7,9-10,13-16,34H2,1H3. The number of phenols is 3. The van der Waals surface area contributed by atoms with Crippen LogP contribution in [0.5, 0.6) is 28.7 Å². The highest BCUT2D eigenvalue weighted by Crippen LogP contribution is 2.53. The summed E-state index contributed by atoms with van der Waals surface area (Å²) in [5, 5.41) is 45.5. The highest BCUT2D eigenvalue weighted by Gasteiger charge is 2.49. The number of ketones is 1. The van der Waals surface area contributed by atoms with Crippen LogP contribution >= 0.6 is 0 Å². The number of Topliss-reactive ketones (excluding diaryl/α,β-unsaturated/α-hetero) is 1. The second kappa shape index (κ2) is 12.6. The van der Waals surface area contributed by atoms with Gasteiger partial charge in [0.15, 0.2) is 23.0 Å². The summed E-state index contributed by atoms with van der Waals surface area (Å²) in [4.78, 5) is 14.2. The molecule has 1 saturated carbocycles. The third kappa shape index (κ3) is 5.88. The topological polar surface area (TPSA) is 154 Å². The van der Waals surface area contributed by atoms with Gasteiger partial charge in [0.05, 0.1) is 31.6 Å². The molecule has 0 radical (unpaired) electrons. The molecule has 2 aromatic carbocycles. The maximum absolute atomic E-state index is 14.2. The summed E-state index contributed by atoms with van der Waals surface area (Å²) in [6.45, 7) is 1.14. The molecular formula is C33H42N2O7. The number of nitrogens with two attached hydrogens (primary N) is 1. The van der Waals surface area contributed by atoms with Crippen molar-refractivity contribution in [1.82, 2.24) is 5.32 Å². The van der Waals surface area contributed by atoms with Crippen LogP contribution in [-0.2, 0) is 24.1 Å². The Morgan fingerprint density at radius 1 is 1.12 bits per heavy atom. The van der Waals surface area contributed by atoms with E-state index < -0.39 is 17.4 Å². The summed E-state index contributed by atoms with van der Waals surface area (Å²) in [7, 11) is 1.41. The van der Waals surface area contributed by atoms with Gasteiger partial charge in [-0.1, -0.05) is 25.0 Å².